The Hall–Kier alpha value is -2.43. The summed E-state index contributed by atoms with van der Waals surface area (Å²) >= 11 is 0. The van der Waals surface area contributed by atoms with Crippen LogP contribution in [0.25, 0.3) is 11.3 Å². The van der Waals surface area contributed by atoms with Gasteiger partial charge < -0.3 is 10.6 Å². The molecule has 0 radical (unpaired) electrons. The molecule has 2 aromatic rings. The van der Waals surface area contributed by atoms with Crippen LogP contribution >= 0.6 is 0 Å². The Labute approximate surface area is 112 Å². The third-order valence-corrected chi connectivity index (χ3v) is 2.82. The lowest BCUT2D eigenvalue weighted by atomic mass is 10.1. The van der Waals surface area contributed by atoms with Crippen LogP contribution in [0.5, 0.6) is 0 Å². The van der Waals surface area contributed by atoms with E-state index in [1.165, 1.54) is 0 Å². The van der Waals surface area contributed by atoms with Crippen molar-refractivity contribution < 1.29 is 4.79 Å². The maximum Gasteiger partial charge on any atom is 0.253 e. The summed E-state index contributed by atoms with van der Waals surface area (Å²) in [6.45, 7) is 1.82. The first kappa shape index (κ1) is 13.0. The molecule has 2 N–H and O–H groups in total. The minimum Gasteiger partial charge on any atom is -0.382 e. The fourth-order valence-corrected chi connectivity index (χ4v) is 1.67. The summed E-state index contributed by atoms with van der Waals surface area (Å²) in [5.74, 6) is 0.411. The highest BCUT2D eigenvalue weighted by Crippen LogP contribution is 2.19. The molecular formula is C14H16N4O. The summed E-state index contributed by atoms with van der Waals surface area (Å²) in [5, 5.41) is 0. The van der Waals surface area contributed by atoms with Gasteiger partial charge in [0.1, 0.15) is 5.82 Å². The zero-order chi connectivity index (χ0) is 14.0. The molecule has 0 spiro atoms. The number of amides is 1. The molecule has 1 aromatic carbocycles. The quantitative estimate of drug-likeness (QED) is 0.888. The molecule has 0 fully saturated rings. The number of hydrogen-bond acceptors (Lipinski definition) is 4. The molecule has 0 bridgehead atoms. The molecule has 0 aliphatic heterocycles. The van der Waals surface area contributed by atoms with Crippen molar-refractivity contribution in [3.8, 4) is 11.3 Å². The zero-order valence-corrected chi connectivity index (χ0v) is 11.2. The first-order chi connectivity index (χ1) is 8.99. The van der Waals surface area contributed by atoms with Gasteiger partial charge in [-0.25, -0.2) is 9.97 Å². The average Bonchev–Trinajstić information content (AvgIpc) is 2.41. The Morgan fingerprint density at radius 1 is 1.21 bits per heavy atom. The molecule has 1 amide bonds. The Balaban J connectivity index is 2.32. The molecule has 0 saturated carbocycles. The van der Waals surface area contributed by atoms with Crippen LogP contribution in [0.1, 0.15) is 16.1 Å². The van der Waals surface area contributed by atoms with E-state index in [1.807, 2.05) is 19.1 Å². The van der Waals surface area contributed by atoms with Crippen LogP contribution in [0, 0.1) is 6.92 Å². The van der Waals surface area contributed by atoms with Crippen LogP contribution < -0.4 is 5.73 Å². The van der Waals surface area contributed by atoms with E-state index in [4.69, 9.17) is 5.73 Å². The standard InChI is InChI=1S/C14H16N4O/c1-9-13(15)16-8-12(17-9)10-4-6-11(7-5-10)14(19)18(2)3/h4-8H,1-3H3,(H2,15,16). The van der Waals surface area contributed by atoms with Gasteiger partial charge in [0.15, 0.2) is 0 Å². The number of carbonyl (C=O) groups is 1. The van der Waals surface area contributed by atoms with Gasteiger partial charge in [-0.3, -0.25) is 4.79 Å². The molecule has 2 rings (SSSR count). The van der Waals surface area contributed by atoms with Crippen LogP contribution in [0.3, 0.4) is 0 Å². The molecule has 1 aromatic heterocycles. The number of carbonyl (C=O) groups excluding carboxylic acids is 1. The van der Waals surface area contributed by atoms with Crippen molar-refractivity contribution in [1.82, 2.24) is 14.9 Å². The van der Waals surface area contributed by atoms with E-state index in [9.17, 15) is 4.79 Å². The molecule has 0 atom stereocenters. The van der Waals surface area contributed by atoms with E-state index in [1.54, 1.807) is 37.3 Å². The van der Waals surface area contributed by atoms with Gasteiger partial charge in [-0.1, -0.05) is 12.1 Å². The van der Waals surface area contributed by atoms with Crippen LogP contribution in [-0.4, -0.2) is 34.9 Å². The van der Waals surface area contributed by atoms with Crippen molar-refractivity contribution in [3.63, 3.8) is 0 Å². The number of anilines is 1. The van der Waals surface area contributed by atoms with Gasteiger partial charge in [-0.15, -0.1) is 0 Å². The van der Waals surface area contributed by atoms with Crippen LogP contribution in [0.15, 0.2) is 30.5 Å². The molecule has 0 unspecified atom stereocenters. The smallest absolute Gasteiger partial charge is 0.253 e. The third-order valence-electron chi connectivity index (χ3n) is 2.82. The molecule has 0 saturated heterocycles. The minimum absolute atomic E-state index is 0.0221. The number of nitrogens with zero attached hydrogens (tertiary/aromatic N) is 3. The van der Waals surface area contributed by atoms with E-state index in [0.717, 1.165) is 11.3 Å². The fraction of sp³-hybridized carbons (Fsp3) is 0.214. The number of aromatic nitrogens is 2. The molecule has 5 nitrogen and oxygen atoms in total. The number of aryl methyl sites for hydroxylation is 1. The van der Waals surface area contributed by atoms with E-state index < -0.39 is 0 Å². The second-order valence-electron chi connectivity index (χ2n) is 4.50. The lowest BCUT2D eigenvalue weighted by molar-refractivity contribution is 0.0827. The van der Waals surface area contributed by atoms with E-state index in [-0.39, 0.29) is 5.91 Å². The average molecular weight is 256 g/mol. The molecule has 1 heterocycles. The molecule has 5 heteroatoms. The van der Waals surface area contributed by atoms with Crippen molar-refractivity contribution in [2.75, 3.05) is 19.8 Å². The number of benzene rings is 1. The summed E-state index contributed by atoms with van der Waals surface area (Å²) in [6.07, 6.45) is 1.63. The topological polar surface area (TPSA) is 72.1 Å². The summed E-state index contributed by atoms with van der Waals surface area (Å²) in [4.78, 5) is 21.8. The maximum atomic E-state index is 11.8. The van der Waals surface area contributed by atoms with Gasteiger partial charge in [0.2, 0.25) is 0 Å². The second-order valence-corrected chi connectivity index (χ2v) is 4.50. The van der Waals surface area contributed by atoms with Gasteiger partial charge in [0, 0.05) is 25.2 Å². The summed E-state index contributed by atoms with van der Waals surface area (Å²) in [6, 6.07) is 7.28. The Bertz CT molecular complexity index is 605. The van der Waals surface area contributed by atoms with Gasteiger partial charge in [0.25, 0.3) is 5.91 Å². The van der Waals surface area contributed by atoms with Crippen molar-refractivity contribution in [1.29, 1.82) is 0 Å². The van der Waals surface area contributed by atoms with Crippen LogP contribution in [0.4, 0.5) is 5.82 Å². The Morgan fingerprint density at radius 3 is 2.37 bits per heavy atom. The zero-order valence-electron chi connectivity index (χ0n) is 11.2. The number of nitrogens with two attached hydrogens (primary N) is 1. The van der Waals surface area contributed by atoms with Gasteiger partial charge >= 0.3 is 0 Å². The predicted octanol–water partition coefficient (Wildman–Crippen LogP) is 1.74. The molecule has 0 aliphatic carbocycles. The van der Waals surface area contributed by atoms with Gasteiger partial charge in [-0.2, -0.15) is 0 Å². The SMILES string of the molecule is Cc1nc(-c2ccc(C(=O)N(C)C)cc2)cnc1N. The van der Waals surface area contributed by atoms with Crippen molar-refractivity contribution in [2.45, 2.75) is 6.92 Å². The van der Waals surface area contributed by atoms with E-state index in [2.05, 4.69) is 9.97 Å². The normalized spacial score (nSPS) is 10.3. The van der Waals surface area contributed by atoms with Gasteiger partial charge in [-0.05, 0) is 19.1 Å². The molecule has 98 valence electrons. The third kappa shape index (κ3) is 2.70. The molecule has 0 aliphatic rings. The fourth-order valence-electron chi connectivity index (χ4n) is 1.67. The molecule has 19 heavy (non-hydrogen) atoms. The summed E-state index contributed by atoms with van der Waals surface area (Å²) in [7, 11) is 3.45. The lowest BCUT2D eigenvalue weighted by Crippen LogP contribution is -2.21. The monoisotopic (exact) mass is 256 g/mol. The van der Waals surface area contributed by atoms with Crippen molar-refractivity contribution in [2.24, 2.45) is 0 Å². The highest BCUT2D eigenvalue weighted by molar-refractivity contribution is 5.94. The van der Waals surface area contributed by atoms with Crippen molar-refractivity contribution >= 4 is 11.7 Å². The lowest BCUT2D eigenvalue weighted by Gasteiger charge is -2.10. The van der Waals surface area contributed by atoms with Crippen LogP contribution in [0.2, 0.25) is 0 Å². The second kappa shape index (κ2) is 5.06. The highest BCUT2D eigenvalue weighted by atomic mass is 16.2. The Morgan fingerprint density at radius 2 is 1.84 bits per heavy atom. The van der Waals surface area contributed by atoms with Crippen molar-refractivity contribution in [3.05, 3.63) is 41.7 Å². The number of rotatable bonds is 2. The van der Waals surface area contributed by atoms with Gasteiger partial charge in [0.05, 0.1) is 17.6 Å². The number of nitrogen functional groups attached to an aromatic ring is 1. The Kier molecular flexibility index (Phi) is 3.46. The highest BCUT2D eigenvalue weighted by Gasteiger charge is 2.08. The van der Waals surface area contributed by atoms with E-state index >= 15 is 0 Å². The largest absolute Gasteiger partial charge is 0.382 e. The number of hydrogen-bond donors (Lipinski definition) is 1. The predicted molar refractivity (Wildman–Crippen MR) is 74.6 cm³/mol. The maximum absolute atomic E-state index is 11.8. The van der Waals surface area contributed by atoms with E-state index in [0.29, 0.717) is 17.1 Å². The first-order valence-corrected chi connectivity index (χ1v) is 5.90. The first-order valence-electron chi connectivity index (χ1n) is 5.90. The summed E-state index contributed by atoms with van der Waals surface area (Å²) < 4.78 is 0. The summed E-state index contributed by atoms with van der Waals surface area (Å²) in [5.41, 5.74) is 8.64. The van der Waals surface area contributed by atoms with Crippen LogP contribution in [-0.2, 0) is 0 Å². The minimum atomic E-state index is -0.0221. The molecular weight excluding hydrogens is 240 g/mol.